The highest BCUT2D eigenvalue weighted by atomic mass is 35.5. The predicted molar refractivity (Wildman–Crippen MR) is 108 cm³/mol. The van der Waals surface area contributed by atoms with Gasteiger partial charge in [-0.15, -0.1) is 12.4 Å². The van der Waals surface area contributed by atoms with Gasteiger partial charge in [0.1, 0.15) is 12.4 Å². The third kappa shape index (κ3) is 7.59. The molecule has 1 amide bonds. The van der Waals surface area contributed by atoms with E-state index in [2.05, 4.69) is 10.6 Å². The number of benzene rings is 2. The molecule has 0 aliphatic carbocycles. The first-order valence-corrected chi connectivity index (χ1v) is 9.13. The van der Waals surface area contributed by atoms with Gasteiger partial charge in [0.15, 0.2) is 0 Å². The first-order valence-electron chi connectivity index (χ1n) is 9.13. The Hall–Kier alpha value is -2.08. The maximum absolute atomic E-state index is 11.9. The Morgan fingerprint density at radius 3 is 2.59 bits per heavy atom. The Morgan fingerprint density at radius 1 is 1.11 bits per heavy atom. The van der Waals surface area contributed by atoms with Gasteiger partial charge in [0.05, 0.1) is 13.2 Å². The molecule has 0 aromatic heterocycles. The Kier molecular flexibility index (Phi) is 9.11. The highest BCUT2D eigenvalue weighted by Gasteiger charge is 2.16. The van der Waals surface area contributed by atoms with Crippen molar-refractivity contribution in [3.8, 4) is 5.75 Å². The summed E-state index contributed by atoms with van der Waals surface area (Å²) in [6.07, 6.45) is 1.27. The van der Waals surface area contributed by atoms with Crippen LogP contribution in [-0.2, 0) is 22.6 Å². The molecule has 6 heteroatoms. The Balaban J connectivity index is 0.00000261. The van der Waals surface area contributed by atoms with Gasteiger partial charge in [-0.1, -0.05) is 42.5 Å². The van der Waals surface area contributed by atoms with Gasteiger partial charge in [-0.2, -0.15) is 0 Å². The third-order valence-corrected chi connectivity index (χ3v) is 4.34. The highest BCUT2D eigenvalue weighted by molar-refractivity contribution is 5.85. The van der Waals surface area contributed by atoms with E-state index in [0.29, 0.717) is 26.2 Å². The fraction of sp³-hybridized carbons (Fsp3) is 0.381. The fourth-order valence-electron chi connectivity index (χ4n) is 2.89. The lowest BCUT2D eigenvalue weighted by Crippen LogP contribution is -2.44. The van der Waals surface area contributed by atoms with Gasteiger partial charge in [0.25, 0.3) is 0 Å². The van der Waals surface area contributed by atoms with Gasteiger partial charge in [0, 0.05) is 25.6 Å². The van der Waals surface area contributed by atoms with Crippen molar-refractivity contribution in [3.05, 3.63) is 65.7 Å². The Morgan fingerprint density at radius 2 is 1.89 bits per heavy atom. The van der Waals surface area contributed by atoms with E-state index in [1.54, 1.807) is 0 Å². The molecule has 146 valence electrons. The third-order valence-electron chi connectivity index (χ3n) is 4.34. The summed E-state index contributed by atoms with van der Waals surface area (Å²) in [6, 6.07) is 18.3. The van der Waals surface area contributed by atoms with Crippen LogP contribution in [0.25, 0.3) is 0 Å². The SMILES string of the molecule is Cl.O=C(CC1COCCN1)NCCc1ccc(OCc2ccccc2)cc1. The summed E-state index contributed by atoms with van der Waals surface area (Å²) < 4.78 is 11.1. The zero-order valence-electron chi connectivity index (χ0n) is 15.4. The lowest BCUT2D eigenvalue weighted by atomic mass is 10.1. The molecule has 1 fully saturated rings. The molecule has 3 rings (SSSR count). The number of ether oxygens (including phenoxy) is 2. The average Bonchev–Trinajstić information content (AvgIpc) is 2.69. The van der Waals surface area contributed by atoms with Gasteiger partial charge < -0.3 is 20.1 Å². The minimum Gasteiger partial charge on any atom is -0.489 e. The molecule has 2 aromatic rings. The molecule has 0 bridgehead atoms. The van der Waals surface area contributed by atoms with Gasteiger partial charge in [-0.25, -0.2) is 0 Å². The van der Waals surface area contributed by atoms with E-state index in [9.17, 15) is 4.79 Å². The number of nitrogens with one attached hydrogen (secondary N) is 2. The van der Waals surface area contributed by atoms with Crippen molar-refractivity contribution in [1.82, 2.24) is 10.6 Å². The number of rotatable bonds is 8. The summed E-state index contributed by atoms with van der Waals surface area (Å²) >= 11 is 0. The first-order chi connectivity index (χ1) is 12.8. The lowest BCUT2D eigenvalue weighted by molar-refractivity contribution is -0.122. The molecule has 1 heterocycles. The van der Waals surface area contributed by atoms with Crippen LogP contribution in [0.4, 0.5) is 0 Å². The molecule has 0 saturated carbocycles. The quantitative estimate of drug-likeness (QED) is 0.727. The van der Waals surface area contributed by atoms with Crippen molar-refractivity contribution in [2.24, 2.45) is 0 Å². The van der Waals surface area contributed by atoms with Crippen LogP contribution in [0.1, 0.15) is 17.5 Å². The van der Waals surface area contributed by atoms with E-state index in [-0.39, 0.29) is 24.4 Å². The molecule has 2 aromatic carbocycles. The average molecular weight is 391 g/mol. The monoisotopic (exact) mass is 390 g/mol. The first kappa shape index (κ1) is 21.2. The minimum atomic E-state index is 0. The van der Waals surface area contributed by atoms with Crippen molar-refractivity contribution in [2.45, 2.75) is 25.5 Å². The molecule has 5 nitrogen and oxygen atoms in total. The number of hydrogen-bond acceptors (Lipinski definition) is 4. The van der Waals surface area contributed by atoms with E-state index in [1.165, 1.54) is 5.56 Å². The summed E-state index contributed by atoms with van der Waals surface area (Å²) in [5.74, 6) is 0.917. The van der Waals surface area contributed by atoms with E-state index >= 15 is 0 Å². The highest BCUT2D eigenvalue weighted by Crippen LogP contribution is 2.14. The van der Waals surface area contributed by atoms with E-state index < -0.39 is 0 Å². The van der Waals surface area contributed by atoms with Gasteiger partial charge in [-0.05, 0) is 29.7 Å². The topological polar surface area (TPSA) is 59.6 Å². The zero-order chi connectivity index (χ0) is 18.0. The summed E-state index contributed by atoms with van der Waals surface area (Å²) in [5, 5.41) is 6.26. The number of halogens is 1. The standard InChI is InChI=1S/C21H26N2O3.ClH/c24-21(14-19-16-25-13-12-22-19)23-11-10-17-6-8-20(9-7-17)26-15-18-4-2-1-3-5-18;/h1-9,19,22H,10-16H2,(H,23,24);1H. The molecule has 27 heavy (non-hydrogen) atoms. The summed E-state index contributed by atoms with van der Waals surface area (Å²) in [7, 11) is 0. The molecule has 1 atom stereocenters. The van der Waals surface area contributed by atoms with E-state index in [0.717, 1.165) is 30.9 Å². The molecular weight excluding hydrogens is 364 g/mol. The molecule has 0 spiro atoms. The van der Waals surface area contributed by atoms with Crippen LogP contribution < -0.4 is 15.4 Å². The van der Waals surface area contributed by atoms with Crippen LogP contribution in [0.2, 0.25) is 0 Å². The summed E-state index contributed by atoms with van der Waals surface area (Å²) in [4.78, 5) is 11.9. The zero-order valence-corrected chi connectivity index (χ0v) is 16.2. The minimum absolute atomic E-state index is 0. The van der Waals surface area contributed by atoms with Crippen molar-refractivity contribution in [2.75, 3.05) is 26.3 Å². The number of carbonyl (C=O) groups excluding carboxylic acids is 1. The normalized spacial score (nSPS) is 16.2. The van der Waals surface area contributed by atoms with Crippen molar-refractivity contribution >= 4 is 18.3 Å². The smallest absolute Gasteiger partial charge is 0.221 e. The number of morpholine rings is 1. The number of carbonyl (C=O) groups is 1. The Labute approximate surface area is 166 Å². The molecule has 1 aliphatic rings. The summed E-state index contributed by atoms with van der Waals surface area (Å²) in [6.45, 7) is 3.35. The largest absolute Gasteiger partial charge is 0.489 e. The molecular formula is C21H27ClN2O3. The van der Waals surface area contributed by atoms with E-state index in [1.807, 2.05) is 54.6 Å². The second kappa shape index (κ2) is 11.6. The molecule has 1 saturated heterocycles. The second-order valence-corrected chi connectivity index (χ2v) is 6.45. The van der Waals surface area contributed by atoms with Gasteiger partial charge in [-0.3, -0.25) is 4.79 Å². The Bertz CT molecular complexity index is 674. The molecule has 1 unspecified atom stereocenters. The van der Waals surface area contributed by atoms with Gasteiger partial charge in [0.2, 0.25) is 5.91 Å². The van der Waals surface area contributed by atoms with Crippen LogP contribution in [0, 0.1) is 0 Å². The van der Waals surface area contributed by atoms with Crippen molar-refractivity contribution in [3.63, 3.8) is 0 Å². The van der Waals surface area contributed by atoms with Crippen LogP contribution in [0.15, 0.2) is 54.6 Å². The predicted octanol–water partition coefficient (Wildman–Crippen LogP) is 2.72. The molecule has 1 aliphatic heterocycles. The lowest BCUT2D eigenvalue weighted by Gasteiger charge is -2.23. The molecule has 0 radical (unpaired) electrons. The van der Waals surface area contributed by atoms with Crippen LogP contribution in [0.3, 0.4) is 0 Å². The maximum Gasteiger partial charge on any atom is 0.221 e. The van der Waals surface area contributed by atoms with Crippen molar-refractivity contribution in [1.29, 1.82) is 0 Å². The van der Waals surface area contributed by atoms with Crippen LogP contribution >= 0.6 is 12.4 Å². The maximum atomic E-state index is 11.9. The van der Waals surface area contributed by atoms with Crippen molar-refractivity contribution < 1.29 is 14.3 Å². The number of hydrogen-bond donors (Lipinski definition) is 2. The van der Waals surface area contributed by atoms with E-state index in [4.69, 9.17) is 9.47 Å². The second-order valence-electron chi connectivity index (χ2n) is 6.45. The van der Waals surface area contributed by atoms with Crippen LogP contribution in [0.5, 0.6) is 5.75 Å². The fourth-order valence-corrected chi connectivity index (χ4v) is 2.89. The summed E-state index contributed by atoms with van der Waals surface area (Å²) in [5.41, 5.74) is 2.33. The number of amides is 1. The van der Waals surface area contributed by atoms with Crippen LogP contribution in [-0.4, -0.2) is 38.3 Å². The molecule has 2 N–H and O–H groups in total. The van der Waals surface area contributed by atoms with Gasteiger partial charge >= 0.3 is 0 Å².